The van der Waals surface area contributed by atoms with Crippen LogP contribution in [0.5, 0.6) is 0 Å². The van der Waals surface area contributed by atoms with Gasteiger partial charge in [-0.25, -0.2) is 18.7 Å². The lowest BCUT2D eigenvalue weighted by molar-refractivity contribution is 0.565. The molecule has 4 nitrogen and oxygen atoms in total. The molecule has 0 atom stereocenters. The number of hydrogen-bond donors (Lipinski definition) is 1. The summed E-state index contributed by atoms with van der Waals surface area (Å²) in [4.78, 5) is 9.11. The summed E-state index contributed by atoms with van der Waals surface area (Å²) < 4.78 is 28.6. The number of anilines is 1. The molecule has 0 amide bonds. The van der Waals surface area contributed by atoms with Gasteiger partial charge >= 0.3 is 0 Å². The fraction of sp³-hybridized carbons (Fsp3) is 0.294. The van der Waals surface area contributed by atoms with Crippen LogP contribution in [-0.4, -0.2) is 20.3 Å². The van der Waals surface area contributed by atoms with Gasteiger partial charge in [-0.3, -0.25) is 0 Å². The minimum Gasteiger partial charge on any atom is -0.382 e. The van der Waals surface area contributed by atoms with Gasteiger partial charge in [0.2, 0.25) is 0 Å². The summed E-state index contributed by atoms with van der Waals surface area (Å²) in [6.07, 6.45) is 2.58. The van der Waals surface area contributed by atoms with E-state index in [-0.39, 0.29) is 0 Å². The first-order valence-electron chi connectivity index (χ1n) is 7.63. The average Bonchev–Trinajstić information content (AvgIpc) is 2.87. The van der Waals surface area contributed by atoms with Gasteiger partial charge in [0.1, 0.15) is 23.0 Å². The van der Waals surface area contributed by atoms with Crippen LogP contribution in [0.15, 0.2) is 29.3 Å². The predicted molar refractivity (Wildman–Crippen MR) is 93.1 cm³/mol. The van der Waals surface area contributed by atoms with E-state index in [1.165, 1.54) is 23.9 Å². The molecule has 0 aliphatic rings. The summed E-state index contributed by atoms with van der Waals surface area (Å²) in [5.74, 6) is 0.963. The summed E-state index contributed by atoms with van der Waals surface area (Å²) in [5.41, 5.74) is 8.65. The molecular weight excluding hydrogens is 330 g/mol. The topological polar surface area (TPSA) is 56.7 Å². The van der Waals surface area contributed by atoms with Crippen molar-refractivity contribution in [1.29, 1.82) is 0 Å². The summed E-state index contributed by atoms with van der Waals surface area (Å²) in [5, 5.41) is 0. The van der Waals surface area contributed by atoms with Crippen LogP contribution in [0.4, 0.5) is 14.6 Å². The third-order valence-electron chi connectivity index (χ3n) is 3.85. The SMILES string of the molecule is Cc1cnc(N)c2nc(C)n(CCCSc3ccc(F)cc3F)c12. The molecule has 0 unspecified atom stereocenters. The minimum atomic E-state index is -0.556. The Labute approximate surface area is 143 Å². The smallest absolute Gasteiger partial charge is 0.151 e. The number of thioether (sulfide) groups is 1. The molecule has 2 N–H and O–H groups in total. The molecule has 0 bridgehead atoms. The molecule has 2 aromatic heterocycles. The van der Waals surface area contributed by atoms with Gasteiger partial charge in [-0.1, -0.05) is 0 Å². The first kappa shape index (κ1) is 16.7. The van der Waals surface area contributed by atoms with Crippen molar-refractivity contribution in [2.75, 3.05) is 11.5 Å². The maximum Gasteiger partial charge on any atom is 0.151 e. The second-order valence-electron chi connectivity index (χ2n) is 5.61. The number of nitrogens with zero attached hydrogens (tertiary/aromatic N) is 3. The van der Waals surface area contributed by atoms with Crippen molar-refractivity contribution in [3.63, 3.8) is 0 Å². The van der Waals surface area contributed by atoms with Gasteiger partial charge in [0, 0.05) is 23.7 Å². The van der Waals surface area contributed by atoms with E-state index < -0.39 is 11.6 Å². The van der Waals surface area contributed by atoms with Crippen molar-refractivity contribution >= 4 is 28.6 Å². The highest BCUT2D eigenvalue weighted by atomic mass is 32.2. The van der Waals surface area contributed by atoms with Crippen LogP contribution in [0.3, 0.4) is 0 Å². The van der Waals surface area contributed by atoms with Crippen molar-refractivity contribution in [1.82, 2.24) is 14.5 Å². The zero-order chi connectivity index (χ0) is 17.3. The molecule has 24 heavy (non-hydrogen) atoms. The molecule has 0 fully saturated rings. The summed E-state index contributed by atoms with van der Waals surface area (Å²) in [7, 11) is 0. The molecule has 0 saturated heterocycles. The molecule has 0 spiro atoms. The Morgan fingerprint density at radius 3 is 2.79 bits per heavy atom. The predicted octanol–water partition coefficient (Wildman–Crippen LogP) is 4.09. The Morgan fingerprint density at radius 1 is 1.25 bits per heavy atom. The van der Waals surface area contributed by atoms with Gasteiger partial charge in [0.05, 0.1) is 5.52 Å². The number of hydrogen-bond acceptors (Lipinski definition) is 4. The number of halogens is 2. The Morgan fingerprint density at radius 2 is 2.04 bits per heavy atom. The molecule has 2 heterocycles. The highest BCUT2D eigenvalue weighted by molar-refractivity contribution is 7.99. The highest BCUT2D eigenvalue weighted by Gasteiger charge is 2.13. The van der Waals surface area contributed by atoms with Crippen LogP contribution in [0.2, 0.25) is 0 Å². The van der Waals surface area contributed by atoms with Crippen molar-refractivity contribution < 1.29 is 8.78 Å². The summed E-state index contributed by atoms with van der Waals surface area (Å²) in [6, 6.07) is 3.66. The van der Waals surface area contributed by atoms with E-state index in [9.17, 15) is 8.78 Å². The monoisotopic (exact) mass is 348 g/mol. The van der Waals surface area contributed by atoms with E-state index in [0.717, 1.165) is 47.2 Å². The number of imidazole rings is 1. The number of fused-ring (bicyclic) bond motifs is 1. The first-order chi connectivity index (χ1) is 11.5. The summed E-state index contributed by atoms with van der Waals surface area (Å²) in [6.45, 7) is 4.67. The Bertz CT molecular complexity index is 892. The third kappa shape index (κ3) is 3.21. The lowest BCUT2D eigenvalue weighted by atomic mass is 10.2. The van der Waals surface area contributed by atoms with Gasteiger partial charge < -0.3 is 10.3 Å². The van der Waals surface area contributed by atoms with Crippen molar-refractivity contribution in [3.05, 3.63) is 47.4 Å². The normalized spacial score (nSPS) is 11.3. The van der Waals surface area contributed by atoms with E-state index in [0.29, 0.717) is 10.7 Å². The maximum absolute atomic E-state index is 13.6. The van der Waals surface area contributed by atoms with Gasteiger partial charge in [-0.05, 0) is 43.7 Å². The molecule has 7 heteroatoms. The average molecular weight is 348 g/mol. The number of benzene rings is 1. The van der Waals surface area contributed by atoms with E-state index in [1.807, 2.05) is 13.8 Å². The van der Waals surface area contributed by atoms with Gasteiger partial charge in [0.25, 0.3) is 0 Å². The molecule has 3 aromatic rings. The van der Waals surface area contributed by atoms with Crippen molar-refractivity contribution in [2.24, 2.45) is 0 Å². The van der Waals surface area contributed by atoms with Crippen LogP contribution < -0.4 is 5.73 Å². The van der Waals surface area contributed by atoms with Crippen LogP contribution in [0, 0.1) is 25.5 Å². The van der Waals surface area contributed by atoms with Crippen LogP contribution >= 0.6 is 11.8 Å². The van der Waals surface area contributed by atoms with Gasteiger partial charge in [0.15, 0.2) is 5.82 Å². The minimum absolute atomic E-state index is 0.431. The molecule has 3 rings (SSSR count). The molecule has 0 saturated carbocycles. The standard InChI is InChI=1S/C17H18F2N4S/c1-10-9-21-17(20)15-16(10)23(11(2)22-15)6-3-7-24-14-5-4-12(18)8-13(14)19/h4-5,8-9H,3,6-7H2,1-2H3,(H2,20,21). The number of aryl methyl sites for hydroxylation is 3. The fourth-order valence-electron chi connectivity index (χ4n) is 2.70. The lowest BCUT2D eigenvalue weighted by Gasteiger charge is -2.09. The number of nitrogen functional groups attached to an aromatic ring is 1. The van der Waals surface area contributed by atoms with E-state index >= 15 is 0 Å². The number of nitrogens with two attached hydrogens (primary N) is 1. The number of rotatable bonds is 5. The zero-order valence-electron chi connectivity index (χ0n) is 13.5. The molecule has 0 radical (unpaired) electrons. The van der Waals surface area contributed by atoms with E-state index in [1.54, 1.807) is 6.20 Å². The molecule has 0 aliphatic heterocycles. The second kappa shape index (κ2) is 6.76. The number of aromatic nitrogens is 3. The molecular formula is C17H18F2N4S. The lowest BCUT2D eigenvalue weighted by Crippen LogP contribution is -2.03. The van der Waals surface area contributed by atoms with Crippen LogP contribution in [0.25, 0.3) is 11.0 Å². The number of pyridine rings is 1. The van der Waals surface area contributed by atoms with Crippen molar-refractivity contribution in [3.8, 4) is 0 Å². The zero-order valence-corrected chi connectivity index (χ0v) is 14.3. The maximum atomic E-state index is 13.6. The fourth-order valence-corrected chi connectivity index (χ4v) is 3.56. The van der Waals surface area contributed by atoms with Crippen LogP contribution in [-0.2, 0) is 6.54 Å². The van der Waals surface area contributed by atoms with Gasteiger partial charge in [-0.15, -0.1) is 11.8 Å². The summed E-state index contributed by atoms with van der Waals surface area (Å²) >= 11 is 1.38. The molecule has 1 aromatic carbocycles. The third-order valence-corrected chi connectivity index (χ3v) is 4.98. The second-order valence-corrected chi connectivity index (χ2v) is 6.75. The quantitative estimate of drug-likeness (QED) is 0.557. The Balaban J connectivity index is 1.70. The van der Waals surface area contributed by atoms with Gasteiger partial charge in [-0.2, -0.15) is 0 Å². The van der Waals surface area contributed by atoms with Crippen LogP contribution in [0.1, 0.15) is 17.8 Å². The molecule has 126 valence electrons. The van der Waals surface area contributed by atoms with E-state index in [4.69, 9.17) is 5.73 Å². The largest absolute Gasteiger partial charge is 0.382 e. The Kier molecular flexibility index (Phi) is 4.71. The molecule has 0 aliphatic carbocycles. The highest BCUT2D eigenvalue weighted by Crippen LogP contribution is 2.26. The van der Waals surface area contributed by atoms with E-state index in [2.05, 4.69) is 14.5 Å². The first-order valence-corrected chi connectivity index (χ1v) is 8.61. The van der Waals surface area contributed by atoms with Crippen molar-refractivity contribution in [2.45, 2.75) is 31.7 Å². The Hall–Kier alpha value is -2.15.